The second kappa shape index (κ2) is 17.0. The minimum atomic E-state index is -0.320. The lowest BCUT2D eigenvalue weighted by Crippen LogP contribution is -2.22. The van der Waals surface area contributed by atoms with Gasteiger partial charge in [-0.05, 0) is 66.8 Å². The van der Waals surface area contributed by atoms with Crippen LogP contribution in [0.25, 0.3) is 0 Å². The number of hydrogen-bond acceptors (Lipinski definition) is 10. The number of ketones is 6. The van der Waals surface area contributed by atoms with Gasteiger partial charge in [-0.25, -0.2) is 0 Å². The SMILES string of the molecule is C.C.C.CNc1cc2c(cc1Cl)C(=O)C=CC2=O.CNc1ccc(O)c2c1C(=O)c1ccccc1C2=O.CNc1ccc2c(c1)C(=O)C=CC2=O. The van der Waals surface area contributed by atoms with E-state index >= 15 is 0 Å². The minimum Gasteiger partial charge on any atom is -0.507 e. The van der Waals surface area contributed by atoms with Crippen molar-refractivity contribution >= 4 is 63.4 Å². The molecule has 3 aliphatic rings. The molecule has 0 heterocycles. The summed E-state index contributed by atoms with van der Waals surface area (Å²) in [4.78, 5) is 70.7. The molecule has 51 heavy (non-hydrogen) atoms. The van der Waals surface area contributed by atoms with Crippen molar-refractivity contribution in [3.05, 3.63) is 141 Å². The second-order valence-electron chi connectivity index (χ2n) is 10.6. The Balaban J connectivity index is 0.000000261. The zero-order valence-corrected chi connectivity index (χ0v) is 26.7. The fourth-order valence-electron chi connectivity index (χ4n) is 5.37. The molecule has 0 saturated heterocycles. The molecule has 0 aliphatic heterocycles. The van der Waals surface area contributed by atoms with Gasteiger partial charge in [0.1, 0.15) is 5.75 Å². The van der Waals surface area contributed by atoms with E-state index in [1.54, 1.807) is 75.7 Å². The Kier molecular flexibility index (Phi) is 13.7. The molecule has 4 N–H and O–H groups in total. The van der Waals surface area contributed by atoms with Crippen LogP contribution in [0, 0.1) is 0 Å². The number of nitrogens with one attached hydrogen (secondary N) is 3. The number of carbonyl (C=O) groups is 6. The van der Waals surface area contributed by atoms with E-state index in [9.17, 15) is 33.9 Å². The molecule has 0 radical (unpaired) electrons. The Morgan fingerprint density at radius 1 is 0.490 bits per heavy atom. The van der Waals surface area contributed by atoms with Crippen LogP contribution >= 0.6 is 11.6 Å². The van der Waals surface area contributed by atoms with Crippen LogP contribution in [-0.2, 0) is 0 Å². The normalized spacial score (nSPS) is 12.8. The topological polar surface area (TPSA) is 159 Å². The number of phenolic OH excluding ortho intramolecular Hbond substituents is 1. The number of aromatic hydroxyl groups is 1. The zero-order chi connectivity index (χ0) is 34.7. The number of anilines is 3. The van der Waals surface area contributed by atoms with Gasteiger partial charge in [0, 0.05) is 65.9 Å². The summed E-state index contributed by atoms with van der Waals surface area (Å²) in [6.07, 6.45) is 5.16. The summed E-state index contributed by atoms with van der Waals surface area (Å²) < 4.78 is 0. The molecule has 0 atom stereocenters. The number of hydrogen-bond donors (Lipinski definition) is 4. The summed E-state index contributed by atoms with van der Waals surface area (Å²) in [6.45, 7) is 0. The van der Waals surface area contributed by atoms with Crippen LogP contribution in [0.4, 0.5) is 17.1 Å². The maximum Gasteiger partial charge on any atom is 0.198 e. The van der Waals surface area contributed by atoms with Crippen LogP contribution in [0.15, 0.2) is 91.0 Å². The number of benzene rings is 4. The van der Waals surface area contributed by atoms with Crippen molar-refractivity contribution < 1.29 is 33.9 Å². The van der Waals surface area contributed by atoms with Gasteiger partial charge >= 0.3 is 0 Å². The Bertz CT molecular complexity index is 2130. The maximum absolute atomic E-state index is 12.5. The maximum atomic E-state index is 12.5. The Morgan fingerprint density at radius 2 is 0.961 bits per heavy atom. The van der Waals surface area contributed by atoms with Gasteiger partial charge in [0.05, 0.1) is 21.8 Å². The molecule has 264 valence electrons. The lowest BCUT2D eigenvalue weighted by molar-refractivity contribution is 0.0977. The highest BCUT2D eigenvalue weighted by molar-refractivity contribution is 6.35. The van der Waals surface area contributed by atoms with E-state index in [2.05, 4.69) is 16.0 Å². The van der Waals surface area contributed by atoms with Crippen LogP contribution in [-0.4, -0.2) is 60.9 Å². The van der Waals surface area contributed by atoms with Crippen LogP contribution in [0.2, 0.25) is 5.02 Å². The van der Waals surface area contributed by atoms with E-state index in [0.29, 0.717) is 49.8 Å². The van der Waals surface area contributed by atoms with Crippen LogP contribution < -0.4 is 16.0 Å². The molecular formula is C40H40ClN3O7. The van der Waals surface area contributed by atoms with E-state index < -0.39 is 0 Å². The fraction of sp³-hybridized carbons (Fsp3) is 0.150. The first kappa shape index (κ1) is 41.0. The lowest BCUT2D eigenvalue weighted by atomic mass is 9.83. The summed E-state index contributed by atoms with van der Waals surface area (Å²) in [5.41, 5.74) is 4.78. The molecule has 0 saturated carbocycles. The van der Waals surface area contributed by atoms with Gasteiger partial charge in [0.15, 0.2) is 34.7 Å². The minimum absolute atomic E-state index is 0. The van der Waals surface area contributed by atoms with Crippen LogP contribution in [0.3, 0.4) is 0 Å². The largest absolute Gasteiger partial charge is 0.507 e. The zero-order valence-electron chi connectivity index (χ0n) is 25.9. The van der Waals surface area contributed by atoms with Crippen molar-refractivity contribution in [1.29, 1.82) is 0 Å². The Morgan fingerprint density at radius 3 is 1.47 bits per heavy atom. The molecule has 0 fully saturated rings. The van der Waals surface area contributed by atoms with Gasteiger partial charge in [-0.3, -0.25) is 28.8 Å². The highest BCUT2D eigenvalue weighted by Gasteiger charge is 2.33. The summed E-state index contributed by atoms with van der Waals surface area (Å²) >= 11 is 5.92. The van der Waals surface area contributed by atoms with Gasteiger partial charge in [-0.2, -0.15) is 0 Å². The van der Waals surface area contributed by atoms with Gasteiger partial charge < -0.3 is 21.1 Å². The fourth-order valence-corrected chi connectivity index (χ4v) is 5.63. The molecule has 0 bridgehead atoms. The van der Waals surface area contributed by atoms with Gasteiger partial charge in [0.25, 0.3) is 0 Å². The highest BCUT2D eigenvalue weighted by atomic mass is 35.5. The van der Waals surface area contributed by atoms with E-state index in [1.165, 1.54) is 36.4 Å². The number of carbonyl (C=O) groups excluding carboxylic acids is 6. The molecule has 4 aromatic rings. The molecule has 10 nitrogen and oxygen atoms in total. The van der Waals surface area contributed by atoms with Gasteiger partial charge in [-0.1, -0.05) is 58.1 Å². The van der Waals surface area contributed by atoms with Crippen LogP contribution in [0.5, 0.6) is 5.75 Å². The number of rotatable bonds is 3. The third-order valence-electron chi connectivity index (χ3n) is 7.84. The Hall–Kier alpha value is -6.13. The molecule has 7 rings (SSSR count). The summed E-state index contributed by atoms with van der Waals surface area (Å²) in [5.74, 6) is -1.31. The summed E-state index contributed by atoms with van der Waals surface area (Å²) in [6, 6.07) is 17.9. The number of halogens is 1. The van der Waals surface area contributed by atoms with E-state index in [4.69, 9.17) is 11.6 Å². The number of phenols is 1. The first-order chi connectivity index (χ1) is 23.0. The molecule has 0 amide bonds. The van der Waals surface area contributed by atoms with Crippen molar-refractivity contribution in [2.24, 2.45) is 0 Å². The first-order valence-electron chi connectivity index (χ1n) is 14.6. The molecule has 0 spiro atoms. The quantitative estimate of drug-likeness (QED) is 0.135. The molecule has 4 aromatic carbocycles. The Labute approximate surface area is 302 Å². The monoisotopic (exact) mass is 709 g/mol. The third-order valence-corrected chi connectivity index (χ3v) is 8.15. The van der Waals surface area contributed by atoms with Gasteiger partial charge in [0.2, 0.25) is 0 Å². The average Bonchev–Trinajstić information content (AvgIpc) is 3.10. The van der Waals surface area contributed by atoms with Crippen molar-refractivity contribution in [1.82, 2.24) is 0 Å². The predicted molar refractivity (Wildman–Crippen MR) is 204 cm³/mol. The molecular weight excluding hydrogens is 670 g/mol. The number of fused-ring (bicyclic) bond motifs is 4. The van der Waals surface area contributed by atoms with Crippen molar-refractivity contribution in [3.8, 4) is 5.75 Å². The highest BCUT2D eigenvalue weighted by Crippen LogP contribution is 2.36. The van der Waals surface area contributed by atoms with Crippen molar-refractivity contribution in [2.75, 3.05) is 37.1 Å². The smallest absolute Gasteiger partial charge is 0.198 e. The summed E-state index contributed by atoms with van der Waals surface area (Å²) in [7, 11) is 5.15. The average molecular weight is 710 g/mol. The lowest BCUT2D eigenvalue weighted by Gasteiger charge is -2.20. The molecule has 11 heteroatoms. The van der Waals surface area contributed by atoms with Crippen molar-refractivity contribution in [2.45, 2.75) is 22.3 Å². The van der Waals surface area contributed by atoms with Crippen LogP contribution in [0.1, 0.15) is 95.6 Å². The van der Waals surface area contributed by atoms with E-state index in [0.717, 1.165) is 5.69 Å². The van der Waals surface area contributed by atoms with E-state index in [-0.39, 0.29) is 73.9 Å². The molecule has 0 unspecified atom stereocenters. The third kappa shape index (κ3) is 7.87. The molecule has 3 aliphatic carbocycles. The standard InChI is InChI=1S/C15H11NO3.C11H8ClNO2.C11H9NO2.3CH4/c1-16-10-6-7-11(17)13-12(10)14(18)8-4-2-3-5-9(8)15(13)19;1-13-9-5-7-6(4-8(9)12)10(14)2-3-11(7)15;1-12-7-2-3-8-9(6-7)11(14)5-4-10(8)13;;;/h2-7,16-17H,1H3;2-5,13H,1H3;2-6,12H,1H3;3*1H4. The first-order valence-corrected chi connectivity index (χ1v) is 15.0. The molecule has 0 aromatic heterocycles. The van der Waals surface area contributed by atoms with Gasteiger partial charge in [-0.15, -0.1) is 0 Å². The second-order valence-corrected chi connectivity index (χ2v) is 11.0. The summed E-state index contributed by atoms with van der Waals surface area (Å²) in [5, 5.41) is 19.0. The van der Waals surface area contributed by atoms with E-state index in [1.807, 2.05) is 0 Å². The van der Waals surface area contributed by atoms with Crippen molar-refractivity contribution in [3.63, 3.8) is 0 Å². The predicted octanol–water partition coefficient (Wildman–Crippen LogP) is 8.10. The number of allylic oxidation sites excluding steroid dienone is 4.